The van der Waals surface area contributed by atoms with Crippen LogP contribution in [-0.2, 0) is 9.53 Å². The Kier molecular flexibility index (Phi) is 6.91. The minimum absolute atomic E-state index is 0.173. The van der Waals surface area contributed by atoms with E-state index in [0.29, 0.717) is 19.7 Å². The Labute approximate surface area is 178 Å². The van der Waals surface area contributed by atoms with Crippen LogP contribution in [0, 0.1) is 25.2 Å². The minimum atomic E-state index is -0.207. The number of hydrogen-bond donors (Lipinski definition) is 0. The minimum Gasteiger partial charge on any atom is -0.383 e. The van der Waals surface area contributed by atoms with Gasteiger partial charge in [0, 0.05) is 62.8 Å². The number of aromatic nitrogens is 2. The van der Waals surface area contributed by atoms with Crippen LogP contribution in [0.5, 0.6) is 0 Å². The van der Waals surface area contributed by atoms with Crippen LogP contribution in [0.1, 0.15) is 29.9 Å². The van der Waals surface area contributed by atoms with Gasteiger partial charge in [0.25, 0.3) is 5.91 Å². The molecule has 0 spiro atoms. The smallest absolute Gasteiger partial charge is 0.264 e. The molecule has 0 bridgehead atoms. The van der Waals surface area contributed by atoms with E-state index in [9.17, 15) is 10.1 Å². The first-order valence-electron chi connectivity index (χ1n) is 10.2. The molecule has 0 saturated carbocycles. The maximum Gasteiger partial charge on any atom is 0.264 e. The molecule has 7 heteroatoms. The Balaban J connectivity index is 1.74. The summed E-state index contributed by atoms with van der Waals surface area (Å²) in [5.74, 6) is -0.207. The fourth-order valence-corrected chi connectivity index (χ4v) is 4.13. The van der Waals surface area contributed by atoms with Gasteiger partial charge in [-0.05, 0) is 50.6 Å². The normalized spacial score (nSPS) is 15.8. The number of hydrogen-bond acceptors (Lipinski definition) is 5. The standard InChI is InChI=1S/C23H29N5O2/c1-17-13-20(19(3)28(17)18(2)16-30-4)14-21(15-24)23(29)27-11-9-26(10-12-27)22-5-7-25-8-6-22/h5-8,13-14,18H,9-12,16H2,1-4H3/b21-14+. The van der Waals surface area contributed by atoms with Gasteiger partial charge in [0.2, 0.25) is 0 Å². The van der Waals surface area contributed by atoms with E-state index in [-0.39, 0.29) is 17.5 Å². The Bertz CT molecular complexity index is 950. The van der Waals surface area contributed by atoms with Crippen LogP contribution in [-0.4, -0.2) is 60.3 Å². The topological polar surface area (TPSA) is 74.4 Å². The first-order valence-corrected chi connectivity index (χ1v) is 10.2. The average molecular weight is 408 g/mol. The van der Waals surface area contributed by atoms with Crippen LogP contribution >= 0.6 is 0 Å². The number of pyridine rings is 1. The van der Waals surface area contributed by atoms with E-state index < -0.39 is 0 Å². The van der Waals surface area contributed by atoms with Crippen molar-refractivity contribution in [1.29, 1.82) is 5.26 Å². The van der Waals surface area contributed by atoms with Gasteiger partial charge < -0.3 is 19.1 Å². The first kappa shape index (κ1) is 21.6. The average Bonchev–Trinajstić information content (AvgIpc) is 3.05. The zero-order chi connectivity index (χ0) is 21.7. The summed E-state index contributed by atoms with van der Waals surface area (Å²) in [5.41, 5.74) is 4.28. The molecule has 0 aromatic carbocycles. The Morgan fingerprint density at radius 2 is 1.93 bits per heavy atom. The highest BCUT2D eigenvalue weighted by Gasteiger charge is 2.24. The third kappa shape index (κ3) is 4.55. The fourth-order valence-electron chi connectivity index (χ4n) is 4.13. The van der Waals surface area contributed by atoms with Gasteiger partial charge in [0.1, 0.15) is 11.6 Å². The number of anilines is 1. The molecule has 1 aliphatic heterocycles. The zero-order valence-corrected chi connectivity index (χ0v) is 18.1. The van der Waals surface area contributed by atoms with Gasteiger partial charge in [-0.2, -0.15) is 5.26 Å². The van der Waals surface area contributed by atoms with Crippen LogP contribution in [0.3, 0.4) is 0 Å². The Morgan fingerprint density at radius 1 is 1.27 bits per heavy atom. The molecule has 1 amide bonds. The van der Waals surface area contributed by atoms with Gasteiger partial charge in [-0.3, -0.25) is 9.78 Å². The second kappa shape index (κ2) is 9.59. The van der Waals surface area contributed by atoms with Gasteiger partial charge in [0.05, 0.1) is 12.6 Å². The molecule has 1 fully saturated rings. The number of nitriles is 1. The molecule has 1 saturated heterocycles. The number of amides is 1. The van der Waals surface area contributed by atoms with E-state index in [1.807, 2.05) is 32.0 Å². The van der Waals surface area contributed by atoms with E-state index in [1.54, 1.807) is 30.5 Å². The largest absolute Gasteiger partial charge is 0.383 e. The first-order chi connectivity index (χ1) is 14.5. The van der Waals surface area contributed by atoms with Crippen LogP contribution < -0.4 is 4.90 Å². The molecule has 158 valence electrons. The highest BCUT2D eigenvalue weighted by molar-refractivity contribution is 6.02. The molecule has 3 rings (SSSR count). The predicted octanol–water partition coefficient (Wildman–Crippen LogP) is 2.96. The summed E-state index contributed by atoms with van der Waals surface area (Å²) in [6, 6.07) is 8.26. The van der Waals surface area contributed by atoms with Gasteiger partial charge >= 0.3 is 0 Å². The predicted molar refractivity (Wildman–Crippen MR) is 117 cm³/mol. The van der Waals surface area contributed by atoms with Crippen molar-refractivity contribution in [2.24, 2.45) is 0 Å². The maximum atomic E-state index is 13.0. The van der Waals surface area contributed by atoms with E-state index in [2.05, 4.69) is 27.4 Å². The third-order valence-electron chi connectivity index (χ3n) is 5.62. The van der Waals surface area contributed by atoms with Crippen molar-refractivity contribution >= 4 is 17.7 Å². The lowest BCUT2D eigenvalue weighted by molar-refractivity contribution is -0.126. The van der Waals surface area contributed by atoms with Crippen molar-refractivity contribution in [2.75, 3.05) is 44.8 Å². The van der Waals surface area contributed by atoms with Crippen LogP contribution in [0.25, 0.3) is 6.08 Å². The number of rotatable bonds is 6. The van der Waals surface area contributed by atoms with Gasteiger partial charge in [-0.1, -0.05) is 0 Å². The van der Waals surface area contributed by atoms with Crippen molar-refractivity contribution < 1.29 is 9.53 Å². The monoisotopic (exact) mass is 407 g/mol. The van der Waals surface area contributed by atoms with E-state index in [4.69, 9.17) is 4.74 Å². The second-order valence-electron chi connectivity index (χ2n) is 7.66. The lowest BCUT2D eigenvalue weighted by Gasteiger charge is -2.35. The molecule has 3 heterocycles. The summed E-state index contributed by atoms with van der Waals surface area (Å²) < 4.78 is 7.46. The highest BCUT2D eigenvalue weighted by atomic mass is 16.5. The number of aryl methyl sites for hydroxylation is 1. The van der Waals surface area contributed by atoms with Crippen molar-refractivity contribution in [3.8, 4) is 6.07 Å². The third-order valence-corrected chi connectivity index (χ3v) is 5.62. The number of methoxy groups -OCH3 is 1. The van der Waals surface area contributed by atoms with Gasteiger partial charge in [0.15, 0.2) is 0 Å². The molecule has 1 atom stereocenters. The summed E-state index contributed by atoms with van der Waals surface area (Å²) in [6.45, 7) is 9.38. The van der Waals surface area contributed by atoms with Crippen molar-refractivity contribution in [2.45, 2.75) is 26.8 Å². The summed E-state index contributed by atoms with van der Waals surface area (Å²) in [7, 11) is 1.69. The summed E-state index contributed by atoms with van der Waals surface area (Å²) in [6.07, 6.45) is 5.26. The number of carbonyl (C=O) groups is 1. The SMILES string of the molecule is COCC(C)n1c(C)cc(/C=C(\C#N)C(=O)N2CCN(c3ccncc3)CC2)c1C. The molecule has 7 nitrogen and oxygen atoms in total. The van der Waals surface area contributed by atoms with Crippen LogP contribution in [0.4, 0.5) is 5.69 Å². The molecular weight excluding hydrogens is 378 g/mol. The molecular formula is C23H29N5O2. The molecule has 0 aliphatic carbocycles. The van der Waals surface area contributed by atoms with Crippen LogP contribution in [0.2, 0.25) is 0 Å². The van der Waals surface area contributed by atoms with Crippen molar-refractivity contribution in [3.63, 3.8) is 0 Å². The fraction of sp³-hybridized carbons (Fsp3) is 0.435. The number of nitrogens with zero attached hydrogens (tertiary/aromatic N) is 5. The Morgan fingerprint density at radius 3 is 2.53 bits per heavy atom. The van der Waals surface area contributed by atoms with E-state index >= 15 is 0 Å². The van der Waals surface area contributed by atoms with E-state index in [1.165, 1.54) is 0 Å². The summed E-state index contributed by atoms with van der Waals surface area (Å²) in [5, 5.41) is 9.67. The lowest BCUT2D eigenvalue weighted by Crippen LogP contribution is -2.49. The second-order valence-corrected chi connectivity index (χ2v) is 7.66. The van der Waals surface area contributed by atoms with Crippen molar-refractivity contribution in [3.05, 3.63) is 53.1 Å². The molecule has 1 unspecified atom stereocenters. The lowest BCUT2D eigenvalue weighted by atomic mass is 10.1. The van der Waals surface area contributed by atoms with Crippen molar-refractivity contribution in [1.82, 2.24) is 14.5 Å². The molecule has 1 aliphatic rings. The van der Waals surface area contributed by atoms with Gasteiger partial charge in [-0.25, -0.2) is 0 Å². The van der Waals surface area contributed by atoms with E-state index in [0.717, 1.165) is 35.7 Å². The quantitative estimate of drug-likeness (QED) is 0.544. The number of ether oxygens (including phenoxy) is 1. The van der Waals surface area contributed by atoms with Gasteiger partial charge in [-0.15, -0.1) is 0 Å². The molecule has 2 aromatic heterocycles. The molecule has 2 aromatic rings. The summed E-state index contributed by atoms with van der Waals surface area (Å²) >= 11 is 0. The molecule has 0 radical (unpaired) electrons. The molecule has 0 N–H and O–H groups in total. The number of piperazine rings is 1. The maximum absolute atomic E-state index is 13.0. The molecule has 30 heavy (non-hydrogen) atoms. The zero-order valence-electron chi connectivity index (χ0n) is 18.1. The Hall–Kier alpha value is -3.11. The highest BCUT2D eigenvalue weighted by Crippen LogP contribution is 2.23. The summed E-state index contributed by atoms with van der Waals surface area (Å²) in [4.78, 5) is 21.0. The number of carbonyl (C=O) groups excluding carboxylic acids is 1. The van der Waals surface area contributed by atoms with Crippen LogP contribution in [0.15, 0.2) is 36.2 Å².